The SMILES string of the molecule is Cn1ccn(CCCOc2ccccc2C(N)=S)c1=O. The minimum absolute atomic E-state index is 0.0199. The van der Waals surface area contributed by atoms with E-state index in [1.807, 2.05) is 24.3 Å². The van der Waals surface area contributed by atoms with Gasteiger partial charge in [-0.05, 0) is 18.6 Å². The average molecular weight is 291 g/mol. The standard InChI is InChI=1S/C14H17N3O2S/c1-16-8-9-17(14(16)18)7-4-10-19-12-6-3-2-5-11(12)13(15)20/h2-3,5-6,8-9H,4,7,10H2,1H3,(H2,15,20). The Labute approximate surface area is 122 Å². The quantitative estimate of drug-likeness (QED) is 0.643. The molecule has 2 rings (SSSR count). The Morgan fingerprint density at radius 1 is 1.35 bits per heavy atom. The maximum atomic E-state index is 11.6. The van der Waals surface area contributed by atoms with E-state index >= 15 is 0 Å². The van der Waals surface area contributed by atoms with Crippen LogP contribution in [0.2, 0.25) is 0 Å². The van der Waals surface area contributed by atoms with Crippen molar-refractivity contribution in [3.8, 4) is 5.75 Å². The maximum absolute atomic E-state index is 11.6. The summed E-state index contributed by atoms with van der Waals surface area (Å²) in [6, 6.07) is 7.41. The van der Waals surface area contributed by atoms with E-state index in [2.05, 4.69) is 0 Å². The lowest BCUT2D eigenvalue weighted by atomic mass is 10.2. The molecule has 0 spiro atoms. The predicted octanol–water partition coefficient (Wildman–Crippen LogP) is 1.29. The lowest BCUT2D eigenvalue weighted by Crippen LogP contribution is -2.22. The second-order valence-electron chi connectivity index (χ2n) is 4.45. The number of hydrogen-bond donors (Lipinski definition) is 1. The zero-order valence-corrected chi connectivity index (χ0v) is 12.1. The van der Waals surface area contributed by atoms with Gasteiger partial charge < -0.3 is 15.0 Å². The fourth-order valence-electron chi connectivity index (χ4n) is 1.89. The highest BCUT2D eigenvalue weighted by atomic mass is 32.1. The van der Waals surface area contributed by atoms with Gasteiger partial charge in [0.05, 0.1) is 12.2 Å². The highest BCUT2D eigenvalue weighted by Gasteiger charge is 2.05. The summed E-state index contributed by atoms with van der Waals surface area (Å²) in [6.45, 7) is 1.12. The molecule has 0 atom stereocenters. The molecule has 106 valence electrons. The van der Waals surface area contributed by atoms with Crippen LogP contribution in [0.15, 0.2) is 41.5 Å². The number of hydrogen-bond acceptors (Lipinski definition) is 3. The lowest BCUT2D eigenvalue weighted by molar-refractivity contribution is 0.300. The first-order chi connectivity index (χ1) is 9.59. The van der Waals surface area contributed by atoms with Crippen LogP contribution < -0.4 is 16.2 Å². The van der Waals surface area contributed by atoms with E-state index in [0.717, 1.165) is 12.0 Å². The molecule has 0 aliphatic rings. The number of thiocarbonyl (C=S) groups is 1. The molecule has 2 N–H and O–H groups in total. The fourth-order valence-corrected chi connectivity index (χ4v) is 2.06. The number of nitrogens with two attached hydrogens (primary N) is 1. The number of para-hydroxylation sites is 1. The van der Waals surface area contributed by atoms with Gasteiger partial charge in [-0.25, -0.2) is 4.79 Å². The van der Waals surface area contributed by atoms with E-state index in [1.54, 1.807) is 28.6 Å². The number of benzene rings is 1. The molecule has 20 heavy (non-hydrogen) atoms. The van der Waals surface area contributed by atoms with E-state index < -0.39 is 0 Å². The molecule has 1 heterocycles. The number of imidazole rings is 1. The Hall–Kier alpha value is -2.08. The fraction of sp³-hybridized carbons (Fsp3) is 0.286. The highest BCUT2D eigenvalue weighted by molar-refractivity contribution is 7.80. The molecule has 1 aromatic carbocycles. The summed E-state index contributed by atoms with van der Waals surface area (Å²) in [5.74, 6) is 0.681. The normalized spacial score (nSPS) is 10.4. The molecule has 0 amide bonds. The minimum Gasteiger partial charge on any atom is -0.493 e. The molecule has 0 bridgehead atoms. The number of ether oxygens (including phenoxy) is 1. The summed E-state index contributed by atoms with van der Waals surface area (Å²) in [6.07, 6.45) is 4.24. The highest BCUT2D eigenvalue weighted by Crippen LogP contribution is 2.17. The summed E-state index contributed by atoms with van der Waals surface area (Å²) < 4.78 is 8.88. The van der Waals surface area contributed by atoms with Crippen molar-refractivity contribution in [1.82, 2.24) is 9.13 Å². The summed E-state index contributed by atoms with van der Waals surface area (Å²) in [5.41, 5.74) is 6.35. The van der Waals surface area contributed by atoms with Crippen molar-refractivity contribution in [2.75, 3.05) is 6.61 Å². The van der Waals surface area contributed by atoms with Gasteiger partial charge in [-0.3, -0.25) is 4.57 Å². The van der Waals surface area contributed by atoms with E-state index in [0.29, 0.717) is 23.9 Å². The van der Waals surface area contributed by atoms with Crippen LogP contribution in [0, 0.1) is 0 Å². The molecule has 6 heteroatoms. The van der Waals surface area contributed by atoms with Crippen LogP contribution in [-0.4, -0.2) is 20.7 Å². The molecule has 0 saturated carbocycles. The first-order valence-electron chi connectivity index (χ1n) is 6.33. The van der Waals surface area contributed by atoms with Gasteiger partial charge in [0.25, 0.3) is 0 Å². The molecule has 0 unspecified atom stereocenters. The molecular formula is C14H17N3O2S. The van der Waals surface area contributed by atoms with Crippen molar-refractivity contribution in [3.05, 3.63) is 52.7 Å². The molecule has 0 aliphatic carbocycles. The van der Waals surface area contributed by atoms with Gasteiger partial charge in [0.15, 0.2) is 0 Å². The summed E-state index contributed by atoms with van der Waals surface area (Å²) in [5, 5.41) is 0. The third-order valence-corrected chi connectivity index (χ3v) is 3.19. The second kappa shape index (κ2) is 6.38. The Balaban J connectivity index is 1.89. The molecule has 0 saturated heterocycles. The zero-order chi connectivity index (χ0) is 14.5. The largest absolute Gasteiger partial charge is 0.493 e. The van der Waals surface area contributed by atoms with Crippen LogP contribution in [0.25, 0.3) is 0 Å². The number of rotatable bonds is 6. The van der Waals surface area contributed by atoms with Gasteiger partial charge in [-0.2, -0.15) is 0 Å². The van der Waals surface area contributed by atoms with Crippen molar-refractivity contribution in [2.45, 2.75) is 13.0 Å². The van der Waals surface area contributed by atoms with Crippen molar-refractivity contribution in [1.29, 1.82) is 0 Å². The summed E-state index contributed by atoms with van der Waals surface area (Å²) >= 11 is 4.97. The van der Waals surface area contributed by atoms with Crippen molar-refractivity contribution in [3.63, 3.8) is 0 Å². The van der Waals surface area contributed by atoms with Crippen LogP contribution in [0.1, 0.15) is 12.0 Å². The van der Waals surface area contributed by atoms with Crippen LogP contribution >= 0.6 is 12.2 Å². The lowest BCUT2D eigenvalue weighted by Gasteiger charge is -2.10. The number of nitrogens with zero attached hydrogens (tertiary/aromatic N) is 2. The van der Waals surface area contributed by atoms with E-state index in [9.17, 15) is 4.79 Å². The zero-order valence-electron chi connectivity index (χ0n) is 11.3. The monoisotopic (exact) mass is 291 g/mol. The molecule has 0 fully saturated rings. The number of aromatic nitrogens is 2. The van der Waals surface area contributed by atoms with Crippen molar-refractivity contribution < 1.29 is 4.74 Å². The first-order valence-corrected chi connectivity index (χ1v) is 6.74. The van der Waals surface area contributed by atoms with Crippen LogP contribution in [-0.2, 0) is 13.6 Å². The molecule has 0 aliphatic heterocycles. The van der Waals surface area contributed by atoms with Crippen molar-refractivity contribution >= 4 is 17.2 Å². The molecular weight excluding hydrogens is 274 g/mol. The van der Waals surface area contributed by atoms with Crippen LogP contribution in [0.4, 0.5) is 0 Å². The molecule has 0 radical (unpaired) electrons. The Morgan fingerprint density at radius 3 is 2.75 bits per heavy atom. The third kappa shape index (κ3) is 3.27. The number of aryl methyl sites for hydroxylation is 2. The van der Waals surface area contributed by atoms with Gasteiger partial charge >= 0.3 is 5.69 Å². The predicted molar refractivity (Wildman–Crippen MR) is 82.1 cm³/mol. The van der Waals surface area contributed by atoms with Gasteiger partial charge in [-0.1, -0.05) is 24.4 Å². The minimum atomic E-state index is -0.0199. The summed E-state index contributed by atoms with van der Waals surface area (Å²) in [7, 11) is 1.73. The Bertz CT molecular complexity index is 660. The van der Waals surface area contributed by atoms with Gasteiger partial charge in [0.2, 0.25) is 0 Å². The smallest absolute Gasteiger partial charge is 0.327 e. The molecule has 1 aromatic heterocycles. The maximum Gasteiger partial charge on any atom is 0.327 e. The second-order valence-corrected chi connectivity index (χ2v) is 4.89. The van der Waals surface area contributed by atoms with Gasteiger partial charge in [0, 0.05) is 26.0 Å². The van der Waals surface area contributed by atoms with Crippen molar-refractivity contribution in [2.24, 2.45) is 12.8 Å². The molecule has 2 aromatic rings. The van der Waals surface area contributed by atoms with Crippen LogP contribution in [0.5, 0.6) is 5.75 Å². The van der Waals surface area contributed by atoms with Gasteiger partial charge in [0.1, 0.15) is 10.7 Å². The topological polar surface area (TPSA) is 62.2 Å². The first kappa shape index (κ1) is 14.3. The van der Waals surface area contributed by atoms with E-state index in [1.165, 1.54) is 0 Å². The van der Waals surface area contributed by atoms with E-state index in [-0.39, 0.29) is 5.69 Å². The van der Waals surface area contributed by atoms with Gasteiger partial charge in [-0.15, -0.1) is 0 Å². The third-order valence-electron chi connectivity index (χ3n) is 2.97. The average Bonchev–Trinajstić information content (AvgIpc) is 2.75. The Morgan fingerprint density at radius 2 is 2.10 bits per heavy atom. The van der Waals surface area contributed by atoms with Crippen LogP contribution in [0.3, 0.4) is 0 Å². The molecule has 5 nitrogen and oxygen atoms in total. The Kier molecular flexibility index (Phi) is 4.57. The van der Waals surface area contributed by atoms with E-state index in [4.69, 9.17) is 22.7 Å². The summed E-state index contributed by atoms with van der Waals surface area (Å²) in [4.78, 5) is 11.9.